The standard InChI is InChI=1S/C15H21N3O4S/c1-23(21,22)18-7-2-3-12(9-18)15(20)17-8-5-11-4-6-16-14(19)13(11)10-17/h4,6,12H,2-3,5,7-10H2,1H3,(H,16,19). The van der Waals surface area contributed by atoms with Crippen LogP contribution in [0.2, 0.25) is 0 Å². The molecule has 1 N–H and O–H groups in total. The fourth-order valence-electron chi connectivity index (χ4n) is 3.38. The molecule has 2 aliphatic heterocycles. The van der Waals surface area contributed by atoms with Gasteiger partial charge in [0.1, 0.15) is 0 Å². The van der Waals surface area contributed by atoms with Crippen molar-refractivity contribution in [2.24, 2.45) is 5.92 Å². The van der Waals surface area contributed by atoms with Crippen LogP contribution in [0.3, 0.4) is 0 Å². The molecule has 8 heteroatoms. The number of fused-ring (bicyclic) bond motifs is 1. The molecule has 3 heterocycles. The van der Waals surface area contributed by atoms with Gasteiger partial charge in [0.05, 0.1) is 18.7 Å². The van der Waals surface area contributed by atoms with Gasteiger partial charge in [-0.2, -0.15) is 0 Å². The van der Waals surface area contributed by atoms with Gasteiger partial charge in [-0.15, -0.1) is 0 Å². The number of hydrogen-bond acceptors (Lipinski definition) is 4. The second kappa shape index (κ2) is 6.09. The highest BCUT2D eigenvalue weighted by Crippen LogP contribution is 2.23. The zero-order chi connectivity index (χ0) is 16.6. The maximum Gasteiger partial charge on any atom is 0.253 e. The molecular weight excluding hydrogens is 318 g/mol. The highest BCUT2D eigenvalue weighted by atomic mass is 32.2. The summed E-state index contributed by atoms with van der Waals surface area (Å²) in [5, 5.41) is 0. The third-order valence-electron chi connectivity index (χ3n) is 4.67. The summed E-state index contributed by atoms with van der Waals surface area (Å²) in [5.74, 6) is -0.366. The Morgan fingerprint density at radius 2 is 2.13 bits per heavy atom. The fraction of sp³-hybridized carbons (Fsp3) is 0.600. The van der Waals surface area contributed by atoms with Crippen LogP contribution in [0.4, 0.5) is 0 Å². The van der Waals surface area contributed by atoms with Crippen molar-refractivity contribution >= 4 is 15.9 Å². The van der Waals surface area contributed by atoms with Gasteiger partial charge < -0.3 is 9.88 Å². The average Bonchev–Trinajstić information content (AvgIpc) is 2.54. The molecule has 23 heavy (non-hydrogen) atoms. The van der Waals surface area contributed by atoms with E-state index in [1.54, 1.807) is 11.1 Å². The van der Waals surface area contributed by atoms with Gasteiger partial charge in [-0.05, 0) is 30.9 Å². The fourth-order valence-corrected chi connectivity index (χ4v) is 4.29. The van der Waals surface area contributed by atoms with E-state index in [1.165, 1.54) is 10.6 Å². The van der Waals surface area contributed by atoms with E-state index in [-0.39, 0.29) is 23.9 Å². The smallest absolute Gasteiger partial charge is 0.253 e. The van der Waals surface area contributed by atoms with Crippen LogP contribution < -0.4 is 5.56 Å². The van der Waals surface area contributed by atoms with Gasteiger partial charge in [0.25, 0.3) is 5.56 Å². The Bertz CT molecular complexity index is 771. The Morgan fingerprint density at radius 1 is 1.35 bits per heavy atom. The Kier molecular flexibility index (Phi) is 4.29. The molecular formula is C15H21N3O4S. The van der Waals surface area contributed by atoms with Crippen LogP contribution in [-0.4, -0.2) is 54.4 Å². The van der Waals surface area contributed by atoms with Crippen LogP contribution in [0, 0.1) is 5.92 Å². The molecule has 0 aliphatic carbocycles. The predicted octanol–water partition coefficient (Wildman–Crippen LogP) is -0.0688. The maximum atomic E-state index is 12.7. The number of H-pyrrole nitrogens is 1. The van der Waals surface area contributed by atoms with Crippen LogP contribution in [0.25, 0.3) is 0 Å². The van der Waals surface area contributed by atoms with Crippen molar-refractivity contribution in [3.63, 3.8) is 0 Å². The van der Waals surface area contributed by atoms with Crippen LogP contribution >= 0.6 is 0 Å². The molecule has 1 saturated heterocycles. The number of pyridine rings is 1. The minimum absolute atomic E-state index is 0.0488. The largest absolute Gasteiger partial charge is 0.338 e. The number of rotatable bonds is 2. The van der Waals surface area contributed by atoms with Gasteiger partial charge in [0.2, 0.25) is 15.9 Å². The van der Waals surface area contributed by atoms with Crippen molar-refractivity contribution in [3.8, 4) is 0 Å². The lowest BCUT2D eigenvalue weighted by Gasteiger charge is -2.35. The van der Waals surface area contributed by atoms with E-state index in [1.807, 2.05) is 6.07 Å². The number of carbonyl (C=O) groups is 1. The molecule has 1 aromatic heterocycles. The second-order valence-corrected chi connectivity index (χ2v) is 8.26. The van der Waals surface area contributed by atoms with Crippen LogP contribution in [0.15, 0.2) is 17.1 Å². The molecule has 0 spiro atoms. The van der Waals surface area contributed by atoms with Crippen molar-refractivity contribution in [1.29, 1.82) is 0 Å². The van der Waals surface area contributed by atoms with Gasteiger partial charge in [-0.3, -0.25) is 9.59 Å². The number of hydrogen-bond donors (Lipinski definition) is 1. The SMILES string of the molecule is CS(=O)(=O)N1CCCC(C(=O)N2CCc3cc[nH]c(=O)c3C2)C1. The van der Waals surface area contributed by atoms with Crippen molar-refractivity contribution in [3.05, 3.63) is 33.7 Å². The topological polar surface area (TPSA) is 90.6 Å². The van der Waals surface area contributed by atoms with Gasteiger partial charge in [0.15, 0.2) is 0 Å². The van der Waals surface area contributed by atoms with Crippen LogP contribution in [0.1, 0.15) is 24.0 Å². The first-order chi connectivity index (χ1) is 10.9. The number of nitrogens with zero attached hydrogens (tertiary/aromatic N) is 2. The van der Waals surface area contributed by atoms with Gasteiger partial charge in [-0.25, -0.2) is 12.7 Å². The van der Waals surface area contributed by atoms with E-state index in [4.69, 9.17) is 0 Å². The number of nitrogens with one attached hydrogen (secondary N) is 1. The third-order valence-corrected chi connectivity index (χ3v) is 5.94. The number of carbonyl (C=O) groups excluding carboxylic acids is 1. The molecule has 1 aromatic rings. The van der Waals surface area contributed by atoms with Crippen molar-refractivity contribution in [2.45, 2.75) is 25.8 Å². The molecule has 0 bridgehead atoms. The quantitative estimate of drug-likeness (QED) is 0.817. The van der Waals surface area contributed by atoms with Crippen molar-refractivity contribution in [1.82, 2.24) is 14.2 Å². The highest BCUT2D eigenvalue weighted by Gasteiger charge is 2.34. The molecule has 0 aromatic carbocycles. The van der Waals surface area contributed by atoms with E-state index in [0.29, 0.717) is 44.5 Å². The summed E-state index contributed by atoms with van der Waals surface area (Å²) in [5.41, 5.74) is 1.48. The van der Waals surface area contributed by atoms with E-state index in [9.17, 15) is 18.0 Å². The number of piperidine rings is 1. The van der Waals surface area contributed by atoms with E-state index >= 15 is 0 Å². The van der Waals surface area contributed by atoms with Crippen molar-refractivity contribution < 1.29 is 13.2 Å². The molecule has 0 saturated carbocycles. The summed E-state index contributed by atoms with van der Waals surface area (Å²) in [6.45, 7) is 1.60. The number of amides is 1. The zero-order valence-corrected chi connectivity index (χ0v) is 13.9. The maximum absolute atomic E-state index is 12.7. The van der Waals surface area contributed by atoms with E-state index in [2.05, 4.69) is 4.98 Å². The number of aromatic amines is 1. The molecule has 1 atom stereocenters. The normalized spacial score (nSPS) is 22.7. The summed E-state index contributed by atoms with van der Waals surface area (Å²) >= 11 is 0. The lowest BCUT2D eigenvalue weighted by atomic mass is 9.95. The van der Waals surface area contributed by atoms with E-state index < -0.39 is 10.0 Å². The van der Waals surface area contributed by atoms with Crippen LogP contribution in [0.5, 0.6) is 0 Å². The Labute approximate surface area is 135 Å². The zero-order valence-electron chi connectivity index (χ0n) is 13.1. The third kappa shape index (κ3) is 3.32. The number of sulfonamides is 1. The average molecular weight is 339 g/mol. The Balaban J connectivity index is 1.74. The Morgan fingerprint density at radius 3 is 2.87 bits per heavy atom. The lowest BCUT2D eigenvalue weighted by Crippen LogP contribution is -2.48. The first kappa shape index (κ1) is 16.2. The first-order valence-corrected chi connectivity index (χ1v) is 9.64. The van der Waals surface area contributed by atoms with E-state index in [0.717, 1.165) is 5.56 Å². The first-order valence-electron chi connectivity index (χ1n) is 7.79. The van der Waals surface area contributed by atoms with Gasteiger partial charge >= 0.3 is 0 Å². The molecule has 7 nitrogen and oxygen atoms in total. The lowest BCUT2D eigenvalue weighted by molar-refractivity contribution is -0.137. The second-order valence-electron chi connectivity index (χ2n) is 6.28. The Hall–Kier alpha value is -1.67. The monoisotopic (exact) mass is 339 g/mol. The van der Waals surface area contributed by atoms with Crippen molar-refractivity contribution in [2.75, 3.05) is 25.9 Å². The molecule has 1 amide bonds. The van der Waals surface area contributed by atoms with Gasteiger partial charge in [-0.1, -0.05) is 0 Å². The molecule has 1 fully saturated rings. The summed E-state index contributed by atoms with van der Waals surface area (Å²) in [6, 6.07) is 1.88. The molecule has 126 valence electrons. The summed E-state index contributed by atoms with van der Waals surface area (Å²) in [4.78, 5) is 29.0. The highest BCUT2D eigenvalue weighted by molar-refractivity contribution is 7.88. The summed E-state index contributed by atoms with van der Waals surface area (Å²) < 4.78 is 24.8. The molecule has 1 unspecified atom stereocenters. The number of aromatic nitrogens is 1. The van der Waals surface area contributed by atoms with Crippen LogP contribution in [-0.2, 0) is 27.8 Å². The van der Waals surface area contributed by atoms with Gasteiger partial charge in [0, 0.05) is 31.4 Å². The molecule has 2 aliphatic rings. The minimum atomic E-state index is -3.27. The summed E-state index contributed by atoms with van der Waals surface area (Å²) in [6.07, 6.45) is 4.85. The molecule has 3 rings (SSSR count). The minimum Gasteiger partial charge on any atom is -0.338 e. The summed E-state index contributed by atoms with van der Waals surface area (Å²) in [7, 11) is -3.27. The predicted molar refractivity (Wildman–Crippen MR) is 85.3 cm³/mol. The molecule has 0 radical (unpaired) electrons.